The fraction of sp³-hybridized carbons (Fsp3) is 0.412. The van der Waals surface area contributed by atoms with Crippen molar-refractivity contribution in [2.24, 2.45) is 11.7 Å². The number of nitrogens with two attached hydrogens (primary N) is 2. The van der Waals surface area contributed by atoms with Crippen LogP contribution in [0.3, 0.4) is 0 Å². The lowest BCUT2D eigenvalue weighted by Crippen LogP contribution is -2.37. The van der Waals surface area contributed by atoms with Gasteiger partial charge in [-0.3, -0.25) is 4.79 Å². The van der Waals surface area contributed by atoms with Crippen molar-refractivity contribution in [3.63, 3.8) is 0 Å². The first-order valence-corrected chi connectivity index (χ1v) is 8.84. The highest BCUT2D eigenvalue weighted by Gasteiger charge is 2.29. The summed E-state index contributed by atoms with van der Waals surface area (Å²) in [7, 11) is 1.62. The van der Waals surface area contributed by atoms with Crippen LogP contribution in [0.15, 0.2) is 24.3 Å². The topological polar surface area (TPSA) is 94.5 Å². The lowest BCUT2D eigenvalue weighted by atomic mass is 10.1. The van der Waals surface area contributed by atoms with Crippen LogP contribution in [0.1, 0.15) is 23.3 Å². The van der Waals surface area contributed by atoms with Gasteiger partial charge in [0.15, 0.2) is 5.13 Å². The van der Waals surface area contributed by atoms with Crippen molar-refractivity contribution in [1.82, 2.24) is 9.88 Å². The summed E-state index contributed by atoms with van der Waals surface area (Å²) in [4.78, 5) is 19.9. The highest BCUT2D eigenvalue weighted by atomic mass is 32.1. The Bertz CT molecular complexity index is 727. The molecule has 0 saturated heterocycles. The maximum Gasteiger partial charge on any atom is 0.274 e. The number of carbonyl (C=O) groups excluding carboxylic acids is 1. The summed E-state index contributed by atoms with van der Waals surface area (Å²) in [6.45, 7) is 1.71. The number of amides is 1. The number of hydrogen-bond acceptors (Lipinski definition) is 6. The number of rotatable bonds is 7. The fourth-order valence-corrected chi connectivity index (χ4v) is 3.46. The Morgan fingerprint density at radius 1 is 1.46 bits per heavy atom. The van der Waals surface area contributed by atoms with Gasteiger partial charge in [0.05, 0.1) is 12.0 Å². The van der Waals surface area contributed by atoms with E-state index in [4.69, 9.17) is 16.2 Å². The molecule has 0 radical (unpaired) electrons. The van der Waals surface area contributed by atoms with Gasteiger partial charge in [0.1, 0.15) is 11.4 Å². The number of ether oxygens (including phenoxy) is 1. The van der Waals surface area contributed by atoms with Gasteiger partial charge in [-0.15, -0.1) is 0 Å². The fourth-order valence-electron chi connectivity index (χ4n) is 2.64. The highest BCUT2D eigenvalue weighted by molar-refractivity contribution is 7.19. The van der Waals surface area contributed by atoms with Crippen LogP contribution in [-0.4, -0.2) is 42.5 Å². The predicted molar refractivity (Wildman–Crippen MR) is 96.2 cm³/mol. The van der Waals surface area contributed by atoms with Crippen molar-refractivity contribution >= 4 is 22.4 Å². The van der Waals surface area contributed by atoms with Crippen molar-refractivity contribution in [3.8, 4) is 16.2 Å². The molecule has 6 nitrogen and oxygen atoms in total. The molecule has 1 aliphatic carbocycles. The number of hydrogen-bond donors (Lipinski definition) is 2. The van der Waals surface area contributed by atoms with Crippen LogP contribution in [0, 0.1) is 5.92 Å². The van der Waals surface area contributed by atoms with Crippen LogP contribution in [0.4, 0.5) is 5.13 Å². The Labute approximate surface area is 145 Å². The van der Waals surface area contributed by atoms with Crippen molar-refractivity contribution < 1.29 is 9.53 Å². The Kier molecular flexibility index (Phi) is 5.01. The van der Waals surface area contributed by atoms with Crippen LogP contribution in [0.5, 0.6) is 5.75 Å². The second-order valence-corrected chi connectivity index (χ2v) is 6.98. The predicted octanol–water partition coefficient (Wildman–Crippen LogP) is 2.21. The normalized spacial score (nSPS) is 13.8. The van der Waals surface area contributed by atoms with Gasteiger partial charge >= 0.3 is 0 Å². The number of benzene rings is 1. The SMILES string of the molecule is COc1cccc(-c2sc(N)nc2C(=O)N(CCN)CC2CC2)c1. The number of aromatic nitrogens is 1. The third-order valence-electron chi connectivity index (χ3n) is 4.04. The zero-order valence-corrected chi connectivity index (χ0v) is 14.5. The Hall–Kier alpha value is -2.12. The van der Waals surface area contributed by atoms with Crippen LogP contribution in [0.25, 0.3) is 10.4 Å². The third kappa shape index (κ3) is 3.68. The molecule has 1 fully saturated rings. The molecule has 7 heteroatoms. The summed E-state index contributed by atoms with van der Waals surface area (Å²) in [5.74, 6) is 1.23. The van der Waals surface area contributed by atoms with Crippen LogP contribution >= 0.6 is 11.3 Å². The van der Waals surface area contributed by atoms with Crippen molar-refractivity contribution in [1.29, 1.82) is 0 Å². The summed E-state index contributed by atoms with van der Waals surface area (Å²) in [5.41, 5.74) is 12.9. The van der Waals surface area contributed by atoms with Gasteiger partial charge < -0.3 is 21.1 Å². The van der Waals surface area contributed by atoms with Crippen LogP contribution < -0.4 is 16.2 Å². The molecule has 1 heterocycles. The molecule has 1 aliphatic rings. The first-order chi connectivity index (χ1) is 11.6. The summed E-state index contributed by atoms with van der Waals surface area (Å²) < 4.78 is 5.27. The molecule has 4 N–H and O–H groups in total. The quantitative estimate of drug-likeness (QED) is 0.801. The van der Waals surface area contributed by atoms with E-state index in [2.05, 4.69) is 4.98 Å². The molecule has 0 unspecified atom stereocenters. The minimum atomic E-state index is -0.0990. The van der Waals surface area contributed by atoms with Gasteiger partial charge in [0.25, 0.3) is 5.91 Å². The first kappa shape index (κ1) is 16.7. The molecular weight excluding hydrogens is 324 g/mol. The van der Waals surface area contributed by atoms with Gasteiger partial charge in [0.2, 0.25) is 0 Å². The summed E-state index contributed by atoms with van der Waals surface area (Å²) in [5, 5.41) is 0.385. The van der Waals surface area contributed by atoms with Crippen molar-refractivity contribution in [2.75, 3.05) is 32.5 Å². The zero-order valence-electron chi connectivity index (χ0n) is 13.7. The van der Waals surface area contributed by atoms with Gasteiger partial charge in [-0.25, -0.2) is 4.98 Å². The molecular formula is C17H22N4O2S. The molecule has 128 valence electrons. The third-order valence-corrected chi connectivity index (χ3v) is 4.97. The number of nitrogens with zero attached hydrogens (tertiary/aromatic N) is 2. The minimum Gasteiger partial charge on any atom is -0.497 e. The smallest absolute Gasteiger partial charge is 0.274 e. The number of thiazole rings is 1. The summed E-state index contributed by atoms with van der Waals surface area (Å²) in [6, 6.07) is 7.57. The standard InChI is InChI=1S/C17H22N4O2S/c1-23-13-4-2-3-12(9-13)15-14(20-17(19)24-15)16(22)21(8-7-18)10-11-5-6-11/h2-4,9,11H,5-8,10,18H2,1H3,(H2,19,20). The number of anilines is 1. The number of nitrogen functional groups attached to an aromatic ring is 1. The molecule has 1 saturated carbocycles. The first-order valence-electron chi connectivity index (χ1n) is 8.02. The second-order valence-electron chi connectivity index (χ2n) is 5.95. The van der Waals surface area contributed by atoms with Crippen LogP contribution in [-0.2, 0) is 0 Å². The Balaban J connectivity index is 1.93. The van der Waals surface area contributed by atoms with Gasteiger partial charge in [0, 0.05) is 19.6 Å². The highest BCUT2D eigenvalue weighted by Crippen LogP contribution is 2.35. The van der Waals surface area contributed by atoms with E-state index in [9.17, 15) is 4.79 Å². The molecule has 0 aliphatic heterocycles. The van der Waals surface area contributed by atoms with Crippen molar-refractivity contribution in [2.45, 2.75) is 12.8 Å². The average Bonchev–Trinajstić information content (AvgIpc) is 3.33. The van der Waals surface area contributed by atoms with Crippen LogP contribution in [0.2, 0.25) is 0 Å². The number of methoxy groups -OCH3 is 1. The van der Waals surface area contributed by atoms with E-state index in [0.717, 1.165) is 22.7 Å². The van der Waals surface area contributed by atoms with E-state index in [1.165, 1.54) is 24.2 Å². The Morgan fingerprint density at radius 2 is 2.25 bits per heavy atom. The Morgan fingerprint density at radius 3 is 2.92 bits per heavy atom. The lowest BCUT2D eigenvalue weighted by molar-refractivity contribution is 0.0748. The van der Waals surface area contributed by atoms with E-state index in [0.29, 0.717) is 29.8 Å². The lowest BCUT2D eigenvalue weighted by Gasteiger charge is -2.21. The average molecular weight is 346 g/mol. The van der Waals surface area contributed by atoms with E-state index < -0.39 is 0 Å². The maximum absolute atomic E-state index is 13.0. The molecule has 0 atom stereocenters. The molecule has 3 rings (SSSR count). The zero-order chi connectivity index (χ0) is 17.1. The van der Waals surface area contributed by atoms with E-state index in [1.54, 1.807) is 12.0 Å². The van der Waals surface area contributed by atoms with Crippen molar-refractivity contribution in [3.05, 3.63) is 30.0 Å². The monoisotopic (exact) mass is 346 g/mol. The molecule has 1 amide bonds. The largest absolute Gasteiger partial charge is 0.497 e. The maximum atomic E-state index is 13.0. The molecule has 24 heavy (non-hydrogen) atoms. The van der Waals surface area contributed by atoms with Gasteiger partial charge in [-0.2, -0.15) is 0 Å². The molecule has 1 aromatic carbocycles. The van der Waals surface area contributed by atoms with E-state index in [-0.39, 0.29) is 5.91 Å². The van der Waals surface area contributed by atoms with Gasteiger partial charge in [-0.1, -0.05) is 23.5 Å². The summed E-state index contributed by atoms with van der Waals surface area (Å²) in [6.07, 6.45) is 2.35. The van der Waals surface area contributed by atoms with E-state index >= 15 is 0 Å². The van der Waals surface area contributed by atoms with Gasteiger partial charge in [-0.05, 0) is 36.5 Å². The molecule has 1 aromatic heterocycles. The number of carbonyl (C=O) groups is 1. The summed E-state index contributed by atoms with van der Waals surface area (Å²) >= 11 is 1.32. The molecule has 0 spiro atoms. The molecule has 2 aromatic rings. The second kappa shape index (κ2) is 7.19. The minimum absolute atomic E-state index is 0.0990. The van der Waals surface area contributed by atoms with E-state index in [1.807, 2.05) is 24.3 Å². The molecule has 0 bridgehead atoms.